The van der Waals surface area contributed by atoms with Crippen LogP contribution in [-0.2, 0) is 14.8 Å². The van der Waals surface area contributed by atoms with Gasteiger partial charge in [0.15, 0.2) is 0 Å². The Morgan fingerprint density at radius 3 is 2.34 bits per heavy atom. The largest absolute Gasteiger partial charge is 0.497 e. The lowest BCUT2D eigenvalue weighted by atomic mass is 10.1. The zero-order valence-electron chi connectivity index (χ0n) is 16.8. The summed E-state index contributed by atoms with van der Waals surface area (Å²) < 4.78 is 33.2. The molecule has 0 saturated carbocycles. The van der Waals surface area contributed by atoms with Gasteiger partial charge >= 0.3 is 0 Å². The second-order valence-electron chi connectivity index (χ2n) is 6.40. The summed E-state index contributed by atoms with van der Waals surface area (Å²) in [6.07, 6.45) is 0. The lowest BCUT2D eigenvalue weighted by Crippen LogP contribution is -2.44. The Labute approximate surface area is 170 Å². The first-order chi connectivity index (χ1) is 13.7. The second-order valence-corrected chi connectivity index (χ2v) is 8.05. The maximum absolute atomic E-state index is 12.8. The van der Waals surface area contributed by atoms with E-state index in [1.807, 2.05) is 0 Å². The first-order valence-electron chi connectivity index (χ1n) is 9.04. The lowest BCUT2D eigenvalue weighted by Gasteiger charge is -2.15. The number of sulfonamides is 1. The Morgan fingerprint density at radius 1 is 1.10 bits per heavy atom. The first-order valence-corrected chi connectivity index (χ1v) is 10.5. The zero-order valence-corrected chi connectivity index (χ0v) is 17.6. The smallest absolute Gasteiger partial charge is 0.262 e. The highest BCUT2D eigenvalue weighted by molar-refractivity contribution is 7.92. The fourth-order valence-electron chi connectivity index (χ4n) is 2.57. The van der Waals surface area contributed by atoms with E-state index in [0.717, 1.165) is 0 Å². The molecule has 2 rings (SSSR count). The van der Waals surface area contributed by atoms with Crippen molar-refractivity contribution >= 4 is 27.5 Å². The van der Waals surface area contributed by atoms with Gasteiger partial charge in [-0.15, -0.1) is 0 Å². The second kappa shape index (κ2) is 9.42. The minimum atomic E-state index is -3.92. The van der Waals surface area contributed by atoms with E-state index in [0.29, 0.717) is 23.5 Å². The Bertz CT molecular complexity index is 988. The zero-order chi connectivity index (χ0) is 21.6. The van der Waals surface area contributed by atoms with E-state index < -0.39 is 22.0 Å². The summed E-state index contributed by atoms with van der Waals surface area (Å²) in [5.74, 6) is -0.254. The van der Waals surface area contributed by atoms with Gasteiger partial charge in [0.2, 0.25) is 5.91 Å². The number of hydrogen-bond acceptors (Lipinski definition) is 5. The van der Waals surface area contributed by atoms with Gasteiger partial charge in [-0.3, -0.25) is 14.3 Å². The average Bonchev–Trinajstić information content (AvgIpc) is 2.68. The van der Waals surface area contributed by atoms with E-state index in [1.165, 1.54) is 19.2 Å². The predicted octanol–water partition coefficient (Wildman–Crippen LogP) is 2.06. The molecule has 0 aliphatic carbocycles. The van der Waals surface area contributed by atoms with Crippen LogP contribution in [0.2, 0.25) is 0 Å². The van der Waals surface area contributed by atoms with Crippen molar-refractivity contribution in [3.8, 4) is 5.75 Å². The Morgan fingerprint density at radius 2 is 1.76 bits per heavy atom. The van der Waals surface area contributed by atoms with Gasteiger partial charge in [0, 0.05) is 17.8 Å². The van der Waals surface area contributed by atoms with E-state index in [2.05, 4.69) is 15.4 Å². The van der Waals surface area contributed by atoms with E-state index in [1.54, 1.807) is 51.1 Å². The van der Waals surface area contributed by atoms with Gasteiger partial charge in [-0.25, -0.2) is 8.42 Å². The number of aryl methyl sites for hydroxylation is 1. The quantitative estimate of drug-likeness (QED) is 0.606. The molecule has 3 N–H and O–H groups in total. The number of nitrogens with one attached hydrogen (secondary N) is 3. The summed E-state index contributed by atoms with van der Waals surface area (Å²) in [7, 11) is -2.40. The number of rotatable bonds is 8. The van der Waals surface area contributed by atoms with Crippen LogP contribution >= 0.6 is 0 Å². The fraction of sp³-hybridized carbons (Fsp3) is 0.300. The Hall–Kier alpha value is -3.07. The third-order valence-corrected chi connectivity index (χ3v) is 5.70. The third-order valence-electron chi connectivity index (χ3n) is 4.17. The molecule has 0 unspecified atom stereocenters. The Kier molecular flexibility index (Phi) is 7.22. The molecule has 8 nitrogen and oxygen atoms in total. The summed E-state index contributed by atoms with van der Waals surface area (Å²) >= 11 is 0. The van der Waals surface area contributed by atoms with E-state index in [4.69, 9.17) is 4.74 Å². The first kappa shape index (κ1) is 22.2. The molecular formula is C20H25N3O5S. The SMILES string of the molecule is CCNC(=O)[C@H](C)NC(=O)c1ccc(C)c(S(=O)(=O)Nc2ccc(OC)cc2)c1. The van der Waals surface area contributed by atoms with Crippen LogP contribution in [0.15, 0.2) is 47.4 Å². The van der Waals surface area contributed by atoms with Crippen molar-refractivity contribution in [1.82, 2.24) is 10.6 Å². The number of carbonyl (C=O) groups excluding carboxylic acids is 2. The monoisotopic (exact) mass is 419 g/mol. The lowest BCUT2D eigenvalue weighted by molar-refractivity contribution is -0.122. The normalized spacial score (nSPS) is 12.0. The van der Waals surface area contributed by atoms with Gasteiger partial charge in [-0.2, -0.15) is 0 Å². The molecule has 2 aromatic rings. The molecular weight excluding hydrogens is 394 g/mol. The third kappa shape index (κ3) is 5.71. The maximum Gasteiger partial charge on any atom is 0.262 e. The number of benzene rings is 2. The van der Waals surface area contributed by atoms with Crippen LogP contribution in [0, 0.1) is 6.92 Å². The van der Waals surface area contributed by atoms with Gasteiger partial charge in [0.25, 0.3) is 15.9 Å². The number of hydrogen-bond donors (Lipinski definition) is 3. The van der Waals surface area contributed by atoms with Crippen LogP contribution in [-0.4, -0.2) is 39.9 Å². The number of amides is 2. The molecule has 2 amide bonds. The van der Waals surface area contributed by atoms with Crippen molar-refractivity contribution in [2.45, 2.75) is 31.7 Å². The number of methoxy groups -OCH3 is 1. The molecule has 1 atom stereocenters. The summed E-state index contributed by atoms with van der Waals surface area (Å²) in [6, 6.07) is 10.0. The molecule has 2 aromatic carbocycles. The summed E-state index contributed by atoms with van der Waals surface area (Å²) in [5, 5.41) is 5.17. The number of ether oxygens (including phenoxy) is 1. The number of carbonyl (C=O) groups is 2. The molecule has 0 bridgehead atoms. The van der Waals surface area contributed by atoms with Crippen molar-refractivity contribution < 1.29 is 22.7 Å². The van der Waals surface area contributed by atoms with Crippen molar-refractivity contribution in [2.75, 3.05) is 18.4 Å². The minimum absolute atomic E-state index is 0.0216. The van der Waals surface area contributed by atoms with E-state index >= 15 is 0 Å². The Balaban J connectivity index is 2.24. The van der Waals surface area contributed by atoms with Gasteiger partial charge in [0.05, 0.1) is 12.0 Å². The number of likely N-dealkylation sites (N-methyl/N-ethyl adjacent to an activating group) is 1. The van der Waals surface area contributed by atoms with Crippen LogP contribution in [0.1, 0.15) is 29.8 Å². The van der Waals surface area contributed by atoms with Crippen LogP contribution in [0.25, 0.3) is 0 Å². The predicted molar refractivity (Wildman–Crippen MR) is 111 cm³/mol. The standard InChI is InChI=1S/C20H25N3O5S/c1-5-21-19(24)14(3)22-20(25)15-7-6-13(2)18(12-15)29(26,27)23-16-8-10-17(28-4)11-9-16/h6-12,14,23H,5H2,1-4H3,(H,21,24)(H,22,25)/t14-/m0/s1. The molecule has 0 aromatic heterocycles. The molecule has 0 heterocycles. The highest BCUT2D eigenvalue weighted by atomic mass is 32.2. The van der Waals surface area contributed by atoms with Gasteiger partial charge < -0.3 is 15.4 Å². The van der Waals surface area contributed by atoms with Crippen molar-refractivity contribution in [2.24, 2.45) is 0 Å². The summed E-state index contributed by atoms with van der Waals surface area (Å²) in [4.78, 5) is 24.2. The van der Waals surface area contributed by atoms with Crippen molar-refractivity contribution in [3.63, 3.8) is 0 Å². The number of anilines is 1. The molecule has 156 valence electrons. The maximum atomic E-state index is 12.8. The minimum Gasteiger partial charge on any atom is -0.497 e. The topological polar surface area (TPSA) is 114 Å². The average molecular weight is 420 g/mol. The van der Waals surface area contributed by atoms with Crippen LogP contribution in [0.3, 0.4) is 0 Å². The molecule has 29 heavy (non-hydrogen) atoms. The highest BCUT2D eigenvalue weighted by Crippen LogP contribution is 2.22. The van der Waals surface area contributed by atoms with E-state index in [-0.39, 0.29) is 16.4 Å². The molecule has 0 aliphatic heterocycles. The summed E-state index contributed by atoms with van der Waals surface area (Å²) in [6.45, 7) is 5.42. The van der Waals surface area contributed by atoms with Crippen molar-refractivity contribution in [3.05, 3.63) is 53.6 Å². The molecule has 0 spiro atoms. The molecule has 0 aliphatic rings. The van der Waals surface area contributed by atoms with Gasteiger partial charge in [-0.05, 0) is 62.7 Å². The fourth-order valence-corrected chi connectivity index (χ4v) is 3.90. The van der Waals surface area contributed by atoms with Crippen LogP contribution in [0.5, 0.6) is 5.75 Å². The van der Waals surface area contributed by atoms with Crippen LogP contribution in [0.4, 0.5) is 5.69 Å². The van der Waals surface area contributed by atoms with Crippen LogP contribution < -0.4 is 20.1 Å². The summed E-state index contributed by atoms with van der Waals surface area (Å²) in [5.41, 5.74) is 0.992. The molecule has 0 fully saturated rings. The molecule has 0 radical (unpaired) electrons. The molecule has 0 saturated heterocycles. The molecule has 9 heteroatoms. The van der Waals surface area contributed by atoms with Gasteiger partial charge in [-0.1, -0.05) is 6.07 Å². The van der Waals surface area contributed by atoms with Gasteiger partial charge in [0.1, 0.15) is 11.8 Å². The highest BCUT2D eigenvalue weighted by Gasteiger charge is 2.21. The van der Waals surface area contributed by atoms with Crippen molar-refractivity contribution in [1.29, 1.82) is 0 Å². The van der Waals surface area contributed by atoms with E-state index in [9.17, 15) is 18.0 Å².